The molecule has 0 aromatic rings. The predicted octanol–water partition coefficient (Wildman–Crippen LogP) is 2.04. The maximum absolute atomic E-state index is 8.40. The summed E-state index contributed by atoms with van der Waals surface area (Å²) in [6.45, 7) is 7.25. The molecular weight excluding hydrogens is 176 g/mol. The van der Waals surface area contributed by atoms with Crippen molar-refractivity contribution in [2.45, 2.75) is 39.2 Å². The second-order valence-electron chi connectivity index (χ2n) is 3.55. The van der Waals surface area contributed by atoms with Crippen LogP contribution in [0.5, 0.6) is 0 Å². The Morgan fingerprint density at radius 2 is 2.14 bits per heavy atom. The average molecular weight is 198 g/mol. The molecular formula is C11H22N2O. The fourth-order valence-corrected chi connectivity index (χ4v) is 1.56. The molecule has 3 nitrogen and oxygen atoms in total. The Morgan fingerprint density at radius 1 is 1.43 bits per heavy atom. The zero-order valence-corrected chi connectivity index (χ0v) is 9.62. The van der Waals surface area contributed by atoms with E-state index in [1.165, 1.54) is 0 Å². The highest BCUT2D eigenvalue weighted by molar-refractivity contribution is 4.70. The van der Waals surface area contributed by atoms with Gasteiger partial charge in [-0.05, 0) is 32.9 Å². The topological polar surface area (TPSA) is 36.3 Å². The minimum atomic E-state index is 0.479. The third-order valence-corrected chi connectivity index (χ3v) is 2.42. The number of unbranched alkanes of at least 4 members (excludes halogenated alkanes) is 2. The first-order valence-electron chi connectivity index (χ1n) is 5.36. The first-order valence-corrected chi connectivity index (χ1v) is 5.36. The van der Waals surface area contributed by atoms with Gasteiger partial charge in [-0.15, -0.1) is 0 Å². The fraction of sp³-hybridized carbons (Fsp3) is 0.909. The van der Waals surface area contributed by atoms with Gasteiger partial charge in [0.05, 0.1) is 12.7 Å². The Morgan fingerprint density at radius 3 is 2.64 bits per heavy atom. The van der Waals surface area contributed by atoms with E-state index < -0.39 is 0 Å². The van der Waals surface area contributed by atoms with Gasteiger partial charge in [-0.1, -0.05) is 6.92 Å². The summed E-state index contributed by atoms with van der Waals surface area (Å²) in [6.07, 6.45) is 2.79. The molecule has 0 fully saturated rings. The third-order valence-electron chi connectivity index (χ3n) is 2.42. The van der Waals surface area contributed by atoms with Gasteiger partial charge in [0.25, 0.3) is 0 Å². The molecule has 0 N–H and O–H groups in total. The second kappa shape index (κ2) is 8.98. The van der Waals surface area contributed by atoms with Gasteiger partial charge in [-0.3, -0.25) is 4.90 Å². The Labute approximate surface area is 87.7 Å². The molecule has 3 heteroatoms. The Bertz CT molecular complexity index is 165. The number of hydrogen-bond donors (Lipinski definition) is 0. The molecule has 0 spiro atoms. The molecule has 0 aliphatic rings. The lowest BCUT2D eigenvalue weighted by atomic mass is 10.2. The molecule has 0 bridgehead atoms. The molecule has 0 aromatic heterocycles. The van der Waals surface area contributed by atoms with Crippen molar-refractivity contribution in [2.75, 3.05) is 26.8 Å². The van der Waals surface area contributed by atoms with Gasteiger partial charge < -0.3 is 4.74 Å². The number of ether oxygens (including phenoxy) is 1. The summed E-state index contributed by atoms with van der Waals surface area (Å²) in [5.41, 5.74) is 0. The van der Waals surface area contributed by atoms with E-state index >= 15 is 0 Å². The number of rotatable bonds is 8. The zero-order chi connectivity index (χ0) is 10.8. The van der Waals surface area contributed by atoms with Crippen LogP contribution in [0.1, 0.15) is 33.1 Å². The van der Waals surface area contributed by atoms with Crippen LogP contribution in [0.25, 0.3) is 0 Å². The lowest BCUT2D eigenvalue weighted by molar-refractivity contribution is 0.102. The summed E-state index contributed by atoms with van der Waals surface area (Å²) in [5.74, 6) is 0. The van der Waals surface area contributed by atoms with Gasteiger partial charge in [-0.25, -0.2) is 0 Å². The van der Waals surface area contributed by atoms with Crippen LogP contribution in [0.3, 0.4) is 0 Å². The van der Waals surface area contributed by atoms with E-state index in [1.54, 1.807) is 7.11 Å². The van der Waals surface area contributed by atoms with Crippen LogP contribution in [-0.4, -0.2) is 37.7 Å². The minimum absolute atomic E-state index is 0.479. The summed E-state index contributed by atoms with van der Waals surface area (Å²) < 4.78 is 5.12. The molecule has 0 aromatic carbocycles. The van der Waals surface area contributed by atoms with Gasteiger partial charge >= 0.3 is 0 Å². The van der Waals surface area contributed by atoms with E-state index in [4.69, 9.17) is 10.00 Å². The number of nitriles is 1. The van der Waals surface area contributed by atoms with Crippen molar-refractivity contribution in [3.63, 3.8) is 0 Å². The second-order valence-corrected chi connectivity index (χ2v) is 3.55. The van der Waals surface area contributed by atoms with Crippen LogP contribution in [0, 0.1) is 11.3 Å². The highest BCUT2D eigenvalue weighted by atomic mass is 16.5. The third kappa shape index (κ3) is 5.95. The predicted molar refractivity (Wildman–Crippen MR) is 58.0 cm³/mol. The molecule has 0 aliphatic heterocycles. The highest BCUT2D eigenvalue weighted by Gasteiger charge is 2.10. The fourth-order valence-electron chi connectivity index (χ4n) is 1.56. The molecule has 0 radical (unpaired) electrons. The Hall–Kier alpha value is -0.590. The van der Waals surface area contributed by atoms with Gasteiger partial charge in [-0.2, -0.15) is 5.26 Å². The Kier molecular flexibility index (Phi) is 8.61. The molecule has 1 atom stereocenters. The molecule has 0 saturated heterocycles. The lowest BCUT2D eigenvalue weighted by Gasteiger charge is -2.26. The van der Waals surface area contributed by atoms with Crippen LogP contribution in [0.2, 0.25) is 0 Å². The molecule has 0 heterocycles. The lowest BCUT2D eigenvalue weighted by Crippen LogP contribution is -2.36. The molecule has 82 valence electrons. The number of likely N-dealkylation sites (N-methyl/N-ethyl adjacent to an activating group) is 1. The van der Waals surface area contributed by atoms with Crippen molar-refractivity contribution in [3.05, 3.63) is 0 Å². The summed E-state index contributed by atoms with van der Waals surface area (Å²) in [5, 5.41) is 8.40. The van der Waals surface area contributed by atoms with E-state index in [0.29, 0.717) is 12.5 Å². The highest BCUT2D eigenvalue weighted by Crippen LogP contribution is 2.03. The molecule has 1 unspecified atom stereocenters. The van der Waals surface area contributed by atoms with Crippen molar-refractivity contribution >= 4 is 0 Å². The number of methoxy groups -OCH3 is 1. The van der Waals surface area contributed by atoms with Crippen LogP contribution >= 0.6 is 0 Å². The monoisotopic (exact) mass is 198 g/mol. The van der Waals surface area contributed by atoms with Gasteiger partial charge in [0.15, 0.2) is 0 Å². The SMILES string of the molecule is CCN(CCCCC#N)C(C)COC. The molecule has 0 rings (SSSR count). The molecule has 0 saturated carbocycles. The van der Waals surface area contributed by atoms with E-state index in [9.17, 15) is 0 Å². The van der Waals surface area contributed by atoms with Crippen molar-refractivity contribution in [1.82, 2.24) is 4.90 Å². The van der Waals surface area contributed by atoms with Crippen molar-refractivity contribution < 1.29 is 4.74 Å². The normalized spacial score (nSPS) is 12.8. The first-order chi connectivity index (χ1) is 6.76. The van der Waals surface area contributed by atoms with E-state index in [2.05, 4.69) is 24.8 Å². The summed E-state index contributed by atoms with van der Waals surface area (Å²) >= 11 is 0. The van der Waals surface area contributed by atoms with Gasteiger partial charge in [0.1, 0.15) is 0 Å². The van der Waals surface area contributed by atoms with Crippen molar-refractivity contribution in [1.29, 1.82) is 5.26 Å². The number of hydrogen-bond acceptors (Lipinski definition) is 3. The maximum atomic E-state index is 8.40. The maximum Gasteiger partial charge on any atom is 0.0621 e. The smallest absolute Gasteiger partial charge is 0.0621 e. The summed E-state index contributed by atoms with van der Waals surface area (Å²) in [6, 6.07) is 2.65. The quantitative estimate of drug-likeness (QED) is 0.560. The van der Waals surface area contributed by atoms with E-state index in [1.807, 2.05) is 0 Å². The van der Waals surface area contributed by atoms with Crippen LogP contribution in [-0.2, 0) is 4.74 Å². The van der Waals surface area contributed by atoms with Crippen LogP contribution in [0.15, 0.2) is 0 Å². The first kappa shape index (κ1) is 13.4. The van der Waals surface area contributed by atoms with Crippen molar-refractivity contribution in [3.8, 4) is 6.07 Å². The van der Waals surface area contributed by atoms with E-state index in [0.717, 1.165) is 32.5 Å². The van der Waals surface area contributed by atoms with Gasteiger partial charge in [0.2, 0.25) is 0 Å². The molecule has 0 amide bonds. The minimum Gasteiger partial charge on any atom is -0.383 e. The number of nitrogens with zero attached hydrogens (tertiary/aromatic N) is 2. The van der Waals surface area contributed by atoms with Crippen LogP contribution < -0.4 is 0 Å². The zero-order valence-electron chi connectivity index (χ0n) is 9.62. The average Bonchev–Trinajstić information content (AvgIpc) is 2.18. The summed E-state index contributed by atoms with van der Waals surface area (Å²) in [7, 11) is 1.74. The van der Waals surface area contributed by atoms with Crippen LogP contribution in [0.4, 0.5) is 0 Å². The standard InChI is InChI=1S/C11H22N2O/c1-4-13(11(2)10-14-3)9-7-5-6-8-12/h11H,4-7,9-10H2,1-3H3. The summed E-state index contributed by atoms with van der Waals surface area (Å²) in [4.78, 5) is 2.39. The molecule has 14 heavy (non-hydrogen) atoms. The molecule has 0 aliphatic carbocycles. The van der Waals surface area contributed by atoms with Crippen molar-refractivity contribution in [2.24, 2.45) is 0 Å². The largest absolute Gasteiger partial charge is 0.383 e. The van der Waals surface area contributed by atoms with Gasteiger partial charge in [0, 0.05) is 19.6 Å². The van der Waals surface area contributed by atoms with E-state index in [-0.39, 0.29) is 0 Å². The Balaban J connectivity index is 3.62.